The molecule has 0 spiro atoms. The summed E-state index contributed by atoms with van der Waals surface area (Å²) in [6.07, 6.45) is -0.0455. The quantitative estimate of drug-likeness (QED) is 0.660. The van der Waals surface area contributed by atoms with E-state index in [1.165, 1.54) is 27.8 Å². The van der Waals surface area contributed by atoms with Crippen molar-refractivity contribution in [2.24, 2.45) is 0 Å². The highest BCUT2D eigenvalue weighted by Crippen LogP contribution is 2.53. The highest BCUT2D eigenvalue weighted by atomic mass is 16.5. The summed E-state index contributed by atoms with van der Waals surface area (Å²) in [6, 6.07) is 8.74. The van der Waals surface area contributed by atoms with Crippen molar-refractivity contribution in [1.82, 2.24) is 0 Å². The van der Waals surface area contributed by atoms with Gasteiger partial charge in [-0.1, -0.05) is 13.0 Å². The normalized spacial score (nSPS) is 28.3. The maximum absolute atomic E-state index is 11.3. The van der Waals surface area contributed by atoms with Gasteiger partial charge in [0.2, 0.25) is 0 Å². The molecule has 3 heteroatoms. The van der Waals surface area contributed by atoms with Crippen LogP contribution in [0.4, 0.5) is 5.69 Å². The van der Waals surface area contributed by atoms with Gasteiger partial charge in [0.15, 0.2) is 0 Å². The summed E-state index contributed by atoms with van der Waals surface area (Å²) in [5.74, 6) is 0.958. The van der Waals surface area contributed by atoms with E-state index in [0.29, 0.717) is 0 Å². The first-order valence-electron chi connectivity index (χ1n) is 9.50. The highest BCUT2D eigenvalue weighted by molar-refractivity contribution is 5.82. The molecular weight excluding hydrogens is 322 g/mol. The number of aryl methyl sites for hydroxylation is 2. The maximum atomic E-state index is 11.3. The molecule has 2 aliphatic rings. The fourth-order valence-corrected chi connectivity index (χ4v) is 4.52. The molecule has 2 aliphatic heterocycles. The molecule has 4 rings (SSSR count). The molecular formula is C23H29NO2. The van der Waals surface area contributed by atoms with Gasteiger partial charge in [-0.05, 0) is 82.0 Å². The molecule has 3 atom stereocenters. The third kappa shape index (κ3) is 2.16. The van der Waals surface area contributed by atoms with E-state index in [4.69, 9.17) is 4.74 Å². The van der Waals surface area contributed by atoms with Crippen molar-refractivity contribution in [2.45, 2.75) is 71.6 Å². The Morgan fingerprint density at radius 1 is 0.962 bits per heavy atom. The van der Waals surface area contributed by atoms with Crippen LogP contribution in [0.5, 0.6) is 5.75 Å². The van der Waals surface area contributed by atoms with E-state index in [9.17, 15) is 5.11 Å². The number of fused-ring (bicyclic) bond motifs is 5. The Morgan fingerprint density at radius 2 is 1.62 bits per heavy atom. The van der Waals surface area contributed by atoms with Crippen LogP contribution in [0.3, 0.4) is 0 Å². The first-order chi connectivity index (χ1) is 12.0. The monoisotopic (exact) mass is 351 g/mol. The zero-order valence-corrected chi connectivity index (χ0v) is 16.8. The predicted octanol–water partition coefficient (Wildman–Crippen LogP) is 5.48. The van der Waals surface area contributed by atoms with Gasteiger partial charge < -0.3 is 15.2 Å². The molecule has 0 aliphatic carbocycles. The van der Waals surface area contributed by atoms with E-state index >= 15 is 0 Å². The summed E-state index contributed by atoms with van der Waals surface area (Å²) in [7, 11) is 0. The van der Waals surface area contributed by atoms with Crippen LogP contribution in [0.1, 0.15) is 68.9 Å². The van der Waals surface area contributed by atoms with Gasteiger partial charge in [-0.2, -0.15) is 0 Å². The standard InChI is InChI=1S/C23H29NO2/c1-12-10-17-16-8-9-18-20(14(3)23(7,25)22(5,6)24-18)21(16)15(4)26-19(17)11-13(12)2/h8-11,14-15,24-25H,1-7H3. The molecule has 0 saturated carbocycles. The number of anilines is 1. The van der Waals surface area contributed by atoms with Crippen LogP contribution in [-0.2, 0) is 0 Å². The average Bonchev–Trinajstić information content (AvgIpc) is 2.54. The average molecular weight is 351 g/mol. The molecule has 2 aromatic rings. The summed E-state index contributed by atoms with van der Waals surface area (Å²) in [6.45, 7) is 14.6. The minimum absolute atomic E-state index is 0.00263. The molecule has 0 amide bonds. The van der Waals surface area contributed by atoms with Gasteiger partial charge in [0, 0.05) is 22.7 Å². The van der Waals surface area contributed by atoms with Crippen molar-refractivity contribution in [3.8, 4) is 16.9 Å². The Bertz CT molecular complexity index is 911. The number of nitrogens with one attached hydrogen (secondary N) is 1. The number of hydrogen-bond acceptors (Lipinski definition) is 3. The van der Waals surface area contributed by atoms with Crippen LogP contribution >= 0.6 is 0 Å². The van der Waals surface area contributed by atoms with Crippen LogP contribution in [-0.4, -0.2) is 16.2 Å². The summed E-state index contributed by atoms with van der Waals surface area (Å²) in [4.78, 5) is 0. The molecule has 0 fully saturated rings. The van der Waals surface area contributed by atoms with E-state index in [1.54, 1.807) is 0 Å². The van der Waals surface area contributed by atoms with Crippen LogP contribution < -0.4 is 10.1 Å². The molecule has 2 heterocycles. The Labute approximate surface area is 156 Å². The van der Waals surface area contributed by atoms with Crippen molar-refractivity contribution in [3.63, 3.8) is 0 Å². The second-order valence-corrected chi connectivity index (χ2v) is 8.80. The number of hydrogen-bond donors (Lipinski definition) is 2. The summed E-state index contributed by atoms with van der Waals surface area (Å²) < 4.78 is 6.32. The minimum Gasteiger partial charge on any atom is -0.485 e. The molecule has 26 heavy (non-hydrogen) atoms. The van der Waals surface area contributed by atoms with Crippen molar-refractivity contribution in [3.05, 3.63) is 46.5 Å². The topological polar surface area (TPSA) is 41.5 Å². The lowest BCUT2D eigenvalue weighted by atomic mass is 9.67. The van der Waals surface area contributed by atoms with E-state index in [0.717, 1.165) is 17.0 Å². The lowest BCUT2D eigenvalue weighted by Crippen LogP contribution is -2.59. The Hall–Kier alpha value is -2.00. The smallest absolute Gasteiger partial charge is 0.128 e. The second-order valence-electron chi connectivity index (χ2n) is 8.80. The minimum atomic E-state index is -0.863. The molecule has 2 N–H and O–H groups in total. The molecule has 0 bridgehead atoms. The second kappa shape index (κ2) is 5.26. The molecule has 0 saturated heterocycles. The van der Waals surface area contributed by atoms with E-state index in [-0.39, 0.29) is 12.0 Å². The van der Waals surface area contributed by atoms with Gasteiger partial charge in [-0.3, -0.25) is 0 Å². The van der Waals surface area contributed by atoms with Crippen molar-refractivity contribution < 1.29 is 9.84 Å². The van der Waals surface area contributed by atoms with Crippen LogP contribution in [0.15, 0.2) is 24.3 Å². The number of aliphatic hydroxyl groups is 1. The van der Waals surface area contributed by atoms with Crippen molar-refractivity contribution >= 4 is 5.69 Å². The van der Waals surface area contributed by atoms with Gasteiger partial charge in [0.05, 0.1) is 11.1 Å². The predicted molar refractivity (Wildman–Crippen MR) is 107 cm³/mol. The molecule has 2 aromatic carbocycles. The zero-order chi connectivity index (χ0) is 19.0. The lowest BCUT2D eigenvalue weighted by Gasteiger charge is -2.51. The van der Waals surface area contributed by atoms with Gasteiger partial charge in [-0.25, -0.2) is 0 Å². The van der Waals surface area contributed by atoms with E-state index < -0.39 is 11.1 Å². The van der Waals surface area contributed by atoms with E-state index in [1.807, 2.05) is 6.92 Å². The van der Waals surface area contributed by atoms with Gasteiger partial charge in [0.1, 0.15) is 11.9 Å². The number of ether oxygens (including phenoxy) is 1. The fourth-order valence-electron chi connectivity index (χ4n) is 4.52. The SMILES string of the molecule is Cc1cc2c(cc1C)-c1ccc3c(c1C(C)O2)C(C)C(C)(O)C(C)(C)N3. The van der Waals surface area contributed by atoms with E-state index in [2.05, 4.69) is 71.1 Å². The van der Waals surface area contributed by atoms with Gasteiger partial charge >= 0.3 is 0 Å². The fraction of sp³-hybridized carbons (Fsp3) is 0.478. The maximum Gasteiger partial charge on any atom is 0.128 e. The largest absolute Gasteiger partial charge is 0.485 e. The highest BCUT2D eigenvalue weighted by Gasteiger charge is 2.50. The van der Waals surface area contributed by atoms with Crippen LogP contribution in [0.25, 0.3) is 11.1 Å². The van der Waals surface area contributed by atoms with Gasteiger partial charge in [-0.15, -0.1) is 0 Å². The van der Waals surface area contributed by atoms with Gasteiger partial charge in [0.25, 0.3) is 0 Å². The summed E-state index contributed by atoms with van der Waals surface area (Å²) in [5, 5.41) is 14.8. The van der Waals surface area contributed by atoms with Crippen molar-refractivity contribution in [1.29, 1.82) is 0 Å². The summed E-state index contributed by atoms with van der Waals surface area (Å²) in [5.41, 5.74) is 7.12. The zero-order valence-electron chi connectivity index (χ0n) is 16.8. The Kier molecular flexibility index (Phi) is 3.52. The lowest BCUT2D eigenvalue weighted by molar-refractivity contribution is -0.0208. The molecule has 3 nitrogen and oxygen atoms in total. The van der Waals surface area contributed by atoms with Crippen LogP contribution in [0, 0.1) is 13.8 Å². The third-order valence-electron chi connectivity index (χ3n) is 6.87. The van der Waals surface area contributed by atoms with Crippen LogP contribution in [0.2, 0.25) is 0 Å². The molecule has 0 radical (unpaired) electrons. The first kappa shape index (κ1) is 17.4. The molecule has 138 valence electrons. The summed E-state index contributed by atoms with van der Waals surface area (Å²) >= 11 is 0. The number of benzene rings is 2. The number of rotatable bonds is 0. The van der Waals surface area contributed by atoms with Crippen molar-refractivity contribution in [2.75, 3.05) is 5.32 Å². The Balaban J connectivity index is 2.00. The Morgan fingerprint density at radius 3 is 2.31 bits per heavy atom. The molecule has 0 aromatic heterocycles. The first-order valence-corrected chi connectivity index (χ1v) is 9.50. The molecule has 3 unspecified atom stereocenters. The third-order valence-corrected chi connectivity index (χ3v) is 6.87.